The number of benzene rings is 2. The number of hydrogen-bond donors (Lipinski definition) is 0. The van der Waals surface area contributed by atoms with E-state index in [9.17, 15) is 4.79 Å². The summed E-state index contributed by atoms with van der Waals surface area (Å²) in [6.07, 6.45) is 0. The molecule has 0 unspecified atom stereocenters. The molecule has 126 valence electrons. The highest BCUT2D eigenvalue weighted by molar-refractivity contribution is 8.12. The summed E-state index contributed by atoms with van der Waals surface area (Å²) >= 11 is 0.915. The van der Waals surface area contributed by atoms with Crippen LogP contribution in [0.2, 0.25) is 0 Å². The molecule has 2 rings (SSSR count). The van der Waals surface area contributed by atoms with Crippen molar-refractivity contribution in [3.63, 3.8) is 0 Å². The Balaban J connectivity index is 2.38. The van der Waals surface area contributed by atoms with E-state index < -0.39 is 0 Å². The number of amides is 1. The zero-order valence-corrected chi connectivity index (χ0v) is 15.0. The van der Waals surface area contributed by atoms with E-state index in [0.29, 0.717) is 0 Å². The Kier molecular flexibility index (Phi) is 6.26. The van der Waals surface area contributed by atoms with Crippen molar-refractivity contribution in [1.82, 2.24) is 4.90 Å². The van der Waals surface area contributed by atoms with Gasteiger partial charge in [0.1, 0.15) is 11.5 Å². The van der Waals surface area contributed by atoms with Crippen molar-refractivity contribution in [2.24, 2.45) is 4.40 Å². The Morgan fingerprint density at radius 1 is 0.875 bits per heavy atom. The molecule has 0 atom stereocenters. The van der Waals surface area contributed by atoms with Gasteiger partial charge in [0.05, 0.1) is 31.9 Å². The maximum absolute atomic E-state index is 11.9. The van der Waals surface area contributed by atoms with Gasteiger partial charge in [0.25, 0.3) is 0 Å². The van der Waals surface area contributed by atoms with Crippen molar-refractivity contribution in [2.75, 3.05) is 28.3 Å². The Labute approximate surface area is 146 Å². The second-order valence-corrected chi connectivity index (χ2v) is 5.86. The van der Waals surface area contributed by atoms with Crippen LogP contribution in [0.4, 0.5) is 4.79 Å². The minimum absolute atomic E-state index is 0.130. The standard InChI is InChI=1S/C18H20N2O3S/c1-20(2)18(21)24-19-17(13-5-9-15(22-3)10-6-13)14-7-11-16(23-4)12-8-14/h5-12H,1-4H3. The number of rotatable bonds is 5. The fraction of sp³-hybridized carbons (Fsp3) is 0.222. The summed E-state index contributed by atoms with van der Waals surface area (Å²) in [7, 11) is 6.65. The quantitative estimate of drug-likeness (QED) is 0.610. The monoisotopic (exact) mass is 344 g/mol. The third-order valence-corrected chi connectivity index (χ3v) is 4.10. The Bertz CT molecular complexity index is 661. The second kappa shape index (κ2) is 8.40. The number of carbonyl (C=O) groups excluding carboxylic acids is 1. The van der Waals surface area contributed by atoms with Crippen LogP contribution in [-0.2, 0) is 0 Å². The molecule has 0 heterocycles. The molecular weight excluding hydrogens is 324 g/mol. The van der Waals surface area contributed by atoms with Crippen molar-refractivity contribution in [1.29, 1.82) is 0 Å². The molecule has 2 aromatic carbocycles. The molecular formula is C18H20N2O3S. The highest BCUT2D eigenvalue weighted by Crippen LogP contribution is 2.21. The number of carbonyl (C=O) groups is 1. The molecule has 0 aromatic heterocycles. The van der Waals surface area contributed by atoms with E-state index in [2.05, 4.69) is 4.40 Å². The lowest BCUT2D eigenvalue weighted by Crippen LogP contribution is -2.16. The predicted octanol–water partition coefficient (Wildman–Crippen LogP) is 3.87. The summed E-state index contributed by atoms with van der Waals surface area (Å²) in [5.74, 6) is 1.54. The van der Waals surface area contributed by atoms with E-state index in [-0.39, 0.29) is 5.24 Å². The maximum atomic E-state index is 11.9. The van der Waals surface area contributed by atoms with Crippen LogP contribution in [0.5, 0.6) is 11.5 Å². The van der Waals surface area contributed by atoms with Crippen LogP contribution in [0.3, 0.4) is 0 Å². The normalized spacial score (nSPS) is 10.0. The van der Waals surface area contributed by atoms with E-state index in [4.69, 9.17) is 9.47 Å². The predicted molar refractivity (Wildman–Crippen MR) is 98.3 cm³/mol. The zero-order valence-electron chi connectivity index (χ0n) is 14.1. The average molecular weight is 344 g/mol. The lowest BCUT2D eigenvalue weighted by atomic mass is 10.0. The highest BCUT2D eigenvalue weighted by atomic mass is 32.2. The van der Waals surface area contributed by atoms with Crippen molar-refractivity contribution < 1.29 is 14.3 Å². The zero-order chi connectivity index (χ0) is 17.5. The molecule has 24 heavy (non-hydrogen) atoms. The van der Waals surface area contributed by atoms with Crippen molar-refractivity contribution in [2.45, 2.75) is 0 Å². The van der Waals surface area contributed by atoms with Crippen LogP contribution in [0, 0.1) is 0 Å². The Morgan fingerprint density at radius 2 is 1.29 bits per heavy atom. The fourth-order valence-corrected chi connectivity index (χ4v) is 2.48. The molecule has 1 amide bonds. The first-order chi connectivity index (χ1) is 11.5. The lowest BCUT2D eigenvalue weighted by molar-refractivity contribution is 0.241. The highest BCUT2D eigenvalue weighted by Gasteiger charge is 2.11. The van der Waals surface area contributed by atoms with Gasteiger partial charge in [-0.2, -0.15) is 0 Å². The summed E-state index contributed by atoms with van der Waals surface area (Å²) < 4.78 is 14.8. The van der Waals surface area contributed by atoms with Crippen molar-refractivity contribution in [3.05, 3.63) is 59.7 Å². The van der Waals surface area contributed by atoms with Crippen LogP contribution in [0.1, 0.15) is 11.1 Å². The van der Waals surface area contributed by atoms with Gasteiger partial charge in [0, 0.05) is 25.2 Å². The molecule has 0 aliphatic rings. The van der Waals surface area contributed by atoms with E-state index >= 15 is 0 Å². The van der Waals surface area contributed by atoms with Gasteiger partial charge in [-0.15, -0.1) is 0 Å². The van der Waals surface area contributed by atoms with Crippen LogP contribution >= 0.6 is 11.9 Å². The van der Waals surface area contributed by atoms with Crippen LogP contribution in [0.15, 0.2) is 52.9 Å². The van der Waals surface area contributed by atoms with Gasteiger partial charge in [-0.3, -0.25) is 4.79 Å². The fourth-order valence-electron chi connectivity index (χ4n) is 1.94. The summed E-state index contributed by atoms with van der Waals surface area (Å²) in [6, 6.07) is 15.1. The van der Waals surface area contributed by atoms with E-state index in [0.717, 1.165) is 40.3 Å². The van der Waals surface area contributed by atoms with E-state index in [1.54, 1.807) is 28.3 Å². The summed E-state index contributed by atoms with van der Waals surface area (Å²) in [5.41, 5.74) is 2.53. The van der Waals surface area contributed by atoms with E-state index in [1.807, 2.05) is 48.5 Å². The molecule has 0 aliphatic carbocycles. The summed E-state index contributed by atoms with van der Waals surface area (Å²) in [5, 5.41) is -0.130. The minimum Gasteiger partial charge on any atom is -0.497 e. The summed E-state index contributed by atoms with van der Waals surface area (Å²) in [6.45, 7) is 0. The first-order valence-corrected chi connectivity index (χ1v) is 8.07. The molecule has 0 aliphatic heterocycles. The molecule has 0 fully saturated rings. The molecule has 0 bridgehead atoms. The summed E-state index contributed by atoms with van der Waals surface area (Å²) in [4.78, 5) is 13.3. The Morgan fingerprint density at radius 3 is 1.62 bits per heavy atom. The number of methoxy groups -OCH3 is 2. The number of nitrogens with zero attached hydrogens (tertiary/aromatic N) is 2. The smallest absolute Gasteiger partial charge is 0.303 e. The van der Waals surface area contributed by atoms with Crippen LogP contribution < -0.4 is 9.47 Å². The molecule has 0 saturated carbocycles. The topological polar surface area (TPSA) is 51.1 Å². The molecule has 5 nitrogen and oxygen atoms in total. The largest absolute Gasteiger partial charge is 0.497 e. The molecule has 2 aromatic rings. The molecule has 0 N–H and O–H groups in total. The molecule has 0 radical (unpaired) electrons. The van der Waals surface area contributed by atoms with Crippen LogP contribution in [-0.4, -0.2) is 44.2 Å². The minimum atomic E-state index is -0.130. The van der Waals surface area contributed by atoms with Gasteiger partial charge < -0.3 is 14.4 Å². The first-order valence-electron chi connectivity index (χ1n) is 7.30. The third kappa shape index (κ3) is 4.52. The third-order valence-electron chi connectivity index (χ3n) is 3.31. The molecule has 0 spiro atoms. The first kappa shape index (κ1) is 17.9. The van der Waals surface area contributed by atoms with Crippen molar-refractivity contribution in [3.8, 4) is 11.5 Å². The molecule has 6 heteroatoms. The Hall–Kier alpha value is -2.47. The van der Waals surface area contributed by atoms with Crippen LogP contribution in [0.25, 0.3) is 0 Å². The van der Waals surface area contributed by atoms with Gasteiger partial charge in [-0.1, -0.05) is 0 Å². The van der Waals surface area contributed by atoms with Gasteiger partial charge in [0.2, 0.25) is 0 Å². The van der Waals surface area contributed by atoms with Gasteiger partial charge >= 0.3 is 5.24 Å². The van der Waals surface area contributed by atoms with Gasteiger partial charge in [-0.05, 0) is 48.5 Å². The van der Waals surface area contributed by atoms with E-state index in [1.165, 1.54) is 4.90 Å². The average Bonchev–Trinajstić information content (AvgIpc) is 2.62. The maximum Gasteiger partial charge on any atom is 0.303 e. The molecule has 0 saturated heterocycles. The van der Waals surface area contributed by atoms with Gasteiger partial charge in [-0.25, -0.2) is 4.40 Å². The SMILES string of the molecule is COc1ccc(C(=NSC(=O)N(C)C)c2ccc(OC)cc2)cc1. The van der Waals surface area contributed by atoms with Gasteiger partial charge in [0.15, 0.2) is 0 Å². The number of ether oxygens (including phenoxy) is 2. The van der Waals surface area contributed by atoms with Crippen molar-refractivity contribution >= 4 is 22.9 Å². The second-order valence-electron chi connectivity index (χ2n) is 5.15. The number of hydrogen-bond acceptors (Lipinski definition) is 5. The lowest BCUT2D eigenvalue weighted by Gasteiger charge is -2.10.